The monoisotopic (exact) mass is 449 g/mol. The summed E-state index contributed by atoms with van der Waals surface area (Å²) in [7, 11) is 0. The summed E-state index contributed by atoms with van der Waals surface area (Å²) in [6, 6.07) is 10.9. The molecule has 0 aliphatic rings. The summed E-state index contributed by atoms with van der Waals surface area (Å²) in [6.07, 6.45) is 2.42. The number of carbonyl (C=O) groups excluding carboxylic acids is 2. The number of aromatic nitrogens is 2. The molecule has 1 amide bonds. The molecule has 0 atom stereocenters. The van der Waals surface area contributed by atoms with Gasteiger partial charge in [0, 0.05) is 18.1 Å². The number of ketones is 1. The van der Waals surface area contributed by atoms with Crippen LogP contribution in [0.1, 0.15) is 22.6 Å². The fourth-order valence-corrected chi connectivity index (χ4v) is 3.06. The van der Waals surface area contributed by atoms with Crippen molar-refractivity contribution < 1.29 is 14.7 Å². The van der Waals surface area contributed by atoms with Gasteiger partial charge in [0.25, 0.3) is 0 Å². The van der Waals surface area contributed by atoms with E-state index in [1.165, 1.54) is 35.5 Å². The van der Waals surface area contributed by atoms with Gasteiger partial charge < -0.3 is 10.0 Å². The minimum atomic E-state index is -0.514. The summed E-state index contributed by atoms with van der Waals surface area (Å²) in [5, 5.41) is 10.5. The largest absolute Gasteiger partial charge is 0.506 e. The van der Waals surface area contributed by atoms with E-state index in [0.29, 0.717) is 21.3 Å². The Balaban J connectivity index is 1.90. The lowest BCUT2D eigenvalue weighted by molar-refractivity contribution is -0.117. The molecule has 3 rings (SSSR count). The highest BCUT2D eigenvalue weighted by Gasteiger charge is 2.22. The molecule has 0 bridgehead atoms. The Kier molecular flexibility index (Phi) is 6.69. The summed E-state index contributed by atoms with van der Waals surface area (Å²) in [5.41, 5.74) is 1.10. The van der Waals surface area contributed by atoms with Crippen LogP contribution in [0.2, 0.25) is 15.1 Å². The second-order valence-electron chi connectivity index (χ2n) is 6.04. The molecular weight excluding hydrogens is 437 g/mol. The lowest BCUT2D eigenvalue weighted by Gasteiger charge is -2.23. The van der Waals surface area contributed by atoms with Gasteiger partial charge in [-0.1, -0.05) is 40.9 Å². The van der Waals surface area contributed by atoms with Crippen molar-refractivity contribution in [3.05, 3.63) is 81.3 Å². The minimum Gasteiger partial charge on any atom is -0.506 e. The van der Waals surface area contributed by atoms with Gasteiger partial charge in [-0.2, -0.15) is 0 Å². The average molecular weight is 451 g/mol. The zero-order valence-electron chi connectivity index (χ0n) is 14.8. The highest BCUT2D eigenvalue weighted by atomic mass is 35.5. The van der Waals surface area contributed by atoms with E-state index in [1.807, 2.05) is 0 Å². The Morgan fingerprint density at radius 2 is 1.66 bits per heavy atom. The van der Waals surface area contributed by atoms with Gasteiger partial charge in [0.2, 0.25) is 11.7 Å². The van der Waals surface area contributed by atoms with Gasteiger partial charge in [-0.3, -0.25) is 9.59 Å². The maximum Gasteiger partial charge on any atom is 0.235 e. The lowest BCUT2D eigenvalue weighted by Crippen LogP contribution is -2.32. The Hall–Kier alpha value is -2.67. The van der Waals surface area contributed by atoms with Gasteiger partial charge in [0.05, 0.1) is 28.0 Å². The first-order chi connectivity index (χ1) is 13.8. The highest BCUT2D eigenvalue weighted by Crippen LogP contribution is 2.30. The third-order valence-electron chi connectivity index (χ3n) is 4.00. The van der Waals surface area contributed by atoms with Crippen LogP contribution in [0.3, 0.4) is 0 Å². The smallest absolute Gasteiger partial charge is 0.235 e. The number of phenolic OH excluding ortho intramolecular Hbond substituents is 1. The van der Waals surface area contributed by atoms with E-state index in [2.05, 4.69) is 9.97 Å². The van der Waals surface area contributed by atoms with Crippen LogP contribution < -0.4 is 4.90 Å². The molecule has 1 N–H and O–H groups in total. The molecule has 3 aromatic rings. The van der Waals surface area contributed by atoms with E-state index in [1.54, 1.807) is 24.3 Å². The van der Waals surface area contributed by atoms with Crippen molar-refractivity contribution in [3.63, 3.8) is 0 Å². The van der Waals surface area contributed by atoms with E-state index in [0.717, 1.165) is 0 Å². The Morgan fingerprint density at radius 3 is 2.31 bits per heavy atom. The van der Waals surface area contributed by atoms with Crippen LogP contribution in [0.25, 0.3) is 0 Å². The molecule has 0 fully saturated rings. The predicted octanol–water partition coefficient (Wildman–Crippen LogP) is 4.95. The Morgan fingerprint density at radius 1 is 0.931 bits per heavy atom. The summed E-state index contributed by atoms with van der Waals surface area (Å²) >= 11 is 18.0. The maximum absolute atomic E-state index is 13.0. The minimum absolute atomic E-state index is 0.0425. The molecule has 0 saturated heterocycles. The number of anilines is 1. The van der Waals surface area contributed by atoms with Gasteiger partial charge in [0.1, 0.15) is 5.75 Å². The zero-order valence-corrected chi connectivity index (χ0v) is 17.1. The first-order valence-corrected chi connectivity index (χ1v) is 9.51. The Labute approximate surface area is 181 Å². The molecule has 1 aromatic heterocycles. The fourth-order valence-electron chi connectivity index (χ4n) is 2.56. The van der Waals surface area contributed by atoms with Crippen molar-refractivity contribution >= 4 is 52.2 Å². The van der Waals surface area contributed by atoms with E-state index in [9.17, 15) is 14.7 Å². The summed E-state index contributed by atoms with van der Waals surface area (Å²) in [6.45, 7) is 0.111. The van der Waals surface area contributed by atoms with Crippen molar-refractivity contribution in [2.24, 2.45) is 0 Å². The molecule has 2 aromatic carbocycles. The molecule has 0 aliphatic heterocycles. The van der Waals surface area contributed by atoms with E-state index in [4.69, 9.17) is 34.8 Å². The summed E-state index contributed by atoms with van der Waals surface area (Å²) in [4.78, 5) is 34.5. The number of halogens is 3. The Bertz CT molecular complexity index is 1060. The van der Waals surface area contributed by atoms with Gasteiger partial charge in [-0.15, -0.1) is 0 Å². The third kappa shape index (κ3) is 5.23. The topological polar surface area (TPSA) is 83.4 Å². The fraction of sp³-hybridized carbons (Fsp3) is 0.100. The van der Waals surface area contributed by atoms with Crippen LogP contribution in [0, 0.1) is 0 Å². The second kappa shape index (κ2) is 9.22. The van der Waals surface area contributed by atoms with Crippen molar-refractivity contribution in [1.82, 2.24) is 9.97 Å². The van der Waals surface area contributed by atoms with Crippen LogP contribution in [-0.4, -0.2) is 26.8 Å². The number of hydrogen-bond acceptors (Lipinski definition) is 5. The summed E-state index contributed by atoms with van der Waals surface area (Å²) < 4.78 is 0. The van der Waals surface area contributed by atoms with Gasteiger partial charge in [0.15, 0.2) is 5.82 Å². The molecule has 148 valence electrons. The number of rotatable bonds is 6. The molecule has 0 aliphatic carbocycles. The van der Waals surface area contributed by atoms with E-state index < -0.39 is 18.1 Å². The van der Waals surface area contributed by atoms with Crippen molar-refractivity contribution in [2.75, 3.05) is 4.90 Å². The number of carbonyl (C=O) groups is 2. The van der Waals surface area contributed by atoms with Crippen molar-refractivity contribution in [1.29, 1.82) is 0 Å². The normalized spacial score (nSPS) is 10.6. The molecule has 1 heterocycles. The number of hydrogen-bond donors (Lipinski definition) is 1. The highest BCUT2D eigenvalue weighted by molar-refractivity contribution is 6.42. The first kappa shape index (κ1) is 21.0. The lowest BCUT2D eigenvalue weighted by atomic mass is 10.1. The number of benzene rings is 2. The van der Waals surface area contributed by atoms with Gasteiger partial charge in [-0.05, 0) is 42.0 Å². The number of phenols is 1. The van der Waals surface area contributed by atoms with Crippen LogP contribution in [0.5, 0.6) is 5.75 Å². The number of aromatic hydroxyl groups is 1. The molecule has 6 nitrogen and oxygen atoms in total. The molecular formula is C20H14Cl3N3O3. The van der Waals surface area contributed by atoms with E-state index >= 15 is 0 Å². The van der Waals surface area contributed by atoms with Crippen LogP contribution >= 0.6 is 34.8 Å². The van der Waals surface area contributed by atoms with Crippen molar-refractivity contribution in [3.8, 4) is 5.75 Å². The van der Waals surface area contributed by atoms with Crippen LogP contribution in [-0.2, 0) is 11.3 Å². The number of Topliss-reactive ketones (excluding diaryl/α,β-unsaturated/α-hetero) is 1. The average Bonchev–Trinajstić information content (AvgIpc) is 2.71. The second-order valence-corrected chi connectivity index (χ2v) is 7.26. The number of amides is 1. The molecule has 0 spiro atoms. The van der Waals surface area contributed by atoms with Crippen LogP contribution in [0.4, 0.5) is 5.69 Å². The quantitative estimate of drug-likeness (QED) is 0.424. The first-order valence-electron chi connectivity index (χ1n) is 8.38. The molecule has 29 heavy (non-hydrogen) atoms. The van der Waals surface area contributed by atoms with Gasteiger partial charge >= 0.3 is 0 Å². The molecule has 0 saturated carbocycles. The predicted molar refractivity (Wildman–Crippen MR) is 112 cm³/mol. The maximum atomic E-state index is 13.0. The zero-order chi connectivity index (χ0) is 21.0. The summed E-state index contributed by atoms with van der Waals surface area (Å²) in [5.74, 6) is -1.17. The van der Waals surface area contributed by atoms with E-state index in [-0.39, 0.29) is 23.1 Å². The van der Waals surface area contributed by atoms with Gasteiger partial charge in [-0.25, -0.2) is 9.97 Å². The molecule has 0 radical (unpaired) electrons. The third-order valence-corrected chi connectivity index (χ3v) is 5.04. The SMILES string of the molecule is O=C(CC(=O)N(Cc1ccc(Cl)c(Cl)c1)c1ccc(O)c(Cl)c1)c1ncccn1. The molecule has 0 unspecified atom stereocenters. The van der Waals surface area contributed by atoms with Crippen molar-refractivity contribution in [2.45, 2.75) is 13.0 Å². The standard InChI is InChI=1S/C20H14Cl3N3O3/c21-14-4-2-12(8-15(14)22)11-26(13-3-5-17(27)16(23)9-13)19(29)10-18(28)20-24-6-1-7-25-20/h1-9,27H,10-11H2. The number of nitrogens with zero attached hydrogens (tertiary/aromatic N) is 3. The molecule has 9 heteroatoms. The van der Waals surface area contributed by atoms with Crippen LogP contribution in [0.15, 0.2) is 54.9 Å².